The van der Waals surface area contributed by atoms with E-state index < -0.39 is 0 Å². The Morgan fingerprint density at radius 2 is 1.79 bits per heavy atom. The van der Waals surface area contributed by atoms with Crippen molar-refractivity contribution in [2.45, 2.75) is 5.16 Å². The summed E-state index contributed by atoms with van der Waals surface area (Å²) in [6.07, 6.45) is 0. The number of rotatable bonds is 5. The zero-order chi connectivity index (χ0) is 22.8. The van der Waals surface area contributed by atoms with Gasteiger partial charge in [-0.2, -0.15) is 0 Å². The molecule has 1 aliphatic heterocycles. The number of fused-ring (bicyclic) bond motifs is 2. The molecule has 4 aromatic rings. The maximum absolute atomic E-state index is 13.3. The van der Waals surface area contributed by atoms with Crippen LogP contribution in [0.15, 0.2) is 76.7 Å². The number of nitrogens with one attached hydrogen (secondary N) is 1. The van der Waals surface area contributed by atoms with Gasteiger partial charge in [-0.25, -0.2) is 4.98 Å². The first kappa shape index (κ1) is 21.4. The maximum atomic E-state index is 13.3. The molecule has 2 heterocycles. The molecule has 0 bridgehead atoms. The molecule has 1 N–H and O–H groups in total. The van der Waals surface area contributed by atoms with Crippen molar-refractivity contribution >= 4 is 45.9 Å². The van der Waals surface area contributed by atoms with E-state index in [2.05, 4.69) is 10.3 Å². The van der Waals surface area contributed by atoms with Gasteiger partial charge in [-0.05, 0) is 48.5 Å². The van der Waals surface area contributed by atoms with E-state index in [0.29, 0.717) is 57.2 Å². The second-order valence-electron chi connectivity index (χ2n) is 7.22. The Morgan fingerprint density at radius 1 is 1.03 bits per heavy atom. The van der Waals surface area contributed by atoms with Crippen molar-refractivity contribution in [1.82, 2.24) is 9.55 Å². The van der Waals surface area contributed by atoms with Crippen LogP contribution in [0.1, 0.15) is 0 Å². The molecule has 7 nitrogen and oxygen atoms in total. The topological polar surface area (TPSA) is 82.5 Å². The third-order valence-corrected chi connectivity index (χ3v) is 6.18. The Kier molecular flexibility index (Phi) is 5.93. The monoisotopic (exact) mass is 479 g/mol. The number of carbonyl (C=O) groups is 1. The van der Waals surface area contributed by atoms with E-state index in [1.807, 2.05) is 6.07 Å². The molecule has 0 radical (unpaired) electrons. The Labute approximate surface area is 198 Å². The predicted octanol–water partition coefficient (Wildman–Crippen LogP) is 4.54. The normalized spacial score (nSPS) is 12.5. The van der Waals surface area contributed by atoms with Crippen LogP contribution < -0.4 is 20.3 Å². The summed E-state index contributed by atoms with van der Waals surface area (Å²) in [5, 5.41) is 4.33. The number of carbonyl (C=O) groups excluding carboxylic acids is 1. The number of ether oxygens (including phenoxy) is 2. The van der Waals surface area contributed by atoms with E-state index >= 15 is 0 Å². The number of hydrogen-bond acceptors (Lipinski definition) is 6. The number of para-hydroxylation sites is 1. The van der Waals surface area contributed by atoms with Gasteiger partial charge in [0, 0.05) is 16.8 Å². The van der Waals surface area contributed by atoms with Crippen LogP contribution in [0.2, 0.25) is 5.02 Å². The zero-order valence-electron chi connectivity index (χ0n) is 17.3. The second kappa shape index (κ2) is 9.17. The average Bonchev–Trinajstić information content (AvgIpc) is 2.84. The quantitative estimate of drug-likeness (QED) is 0.334. The molecule has 0 saturated heterocycles. The van der Waals surface area contributed by atoms with Crippen molar-refractivity contribution in [2.75, 3.05) is 24.3 Å². The summed E-state index contributed by atoms with van der Waals surface area (Å²) in [4.78, 5) is 30.6. The average molecular weight is 480 g/mol. The van der Waals surface area contributed by atoms with Gasteiger partial charge < -0.3 is 14.8 Å². The molecule has 0 spiro atoms. The number of anilines is 1. The number of halogens is 1. The number of aromatic nitrogens is 2. The summed E-state index contributed by atoms with van der Waals surface area (Å²) in [6, 6.07) is 19.3. The van der Waals surface area contributed by atoms with E-state index in [1.54, 1.807) is 60.7 Å². The van der Waals surface area contributed by atoms with Crippen molar-refractivity contribution in [2.24, 2.45) is 0 Å². The van der Waals surface area contributed by atoms with Gasteiger partial charge in [0.05, 0.1) is 22.3 Å². The van der Waals surface area contributed by atoms with Gasteiger partial charge in [-0.15, -0.1) is 0 Å². The van der Waals surface area contributed by atoms with Crippen LogP contribution in [0.5, 0.6) is 11.5 Å². The molecule has 1 aromatic heterocycles. The van der Waals surface area contributed by atoms with Crippen molar-refractivity contribution in [1.29, 1.82) is 0 Å². The molecule has 0 fully saturated rings. The SMILES string of the molecule is O=C(CSc1nc2ccccc2c(=O)n1-c1ccc(Cl)cc1)Nc1ccc2c(c1)OCCO2. The number of nitrogens with zero attached hydrogens (tertiary/aromatic N) is 2. The predicted molar refractivity (Wildman–Crippen MR) is 129 cm³/mol. The lowest BCUT2D eigenvalue weighted by Gasteiger charge is -2.19. The lowest BCUT2D eigenvalue weighted by molar-refractivity contribution is -0.113. The maximum Gasteiger partial charge on any atom is 0.266 e. The van der Waals surface area contributed by atoms with Crippen LogP contribution in [-0.4, -0.2) is 34.4 Å². The van der Waals surface area contributed by atoms with Crippen LogP contribution in [0, 0.1) is 0 Å². The van der Waals surface area contributed by atoms with Crippen molar-refractivity contribution < 1.29 is 14.3 Å². The van der Waals surface area contributed by atoms with Crippen LogP contribution in [0.4, 0.5) is 5.69 Å². The van der Waals surface area contributed by atoms with Gasteiger partial charge in [-0.3, -0.25) is 14.2 Å². The Morgan fingerprint density at radius 3 is 2.61 bits per heavy atom. The highest BCUT2D eigenvalue weighted by Gasteiger charge is 2.16. The number of benzene rings is 3. The smallest absolute Gasteiger partial charge is 0.266 e. The highest BCUT2D eigenvalue weighted by molar-refractivity contribution is 7.99. The number of hydrogen-bond donors (Lipinski definition) is 1. The van der Waals surface area contributed by atoms with E-state index in [1.165, 1.54) is 16.3 Å². The molecule has 1 amide bonds. The first-order chi connectivity index (χ1) is 16.1. The molecule has 1 aliphatic rings. The Bertz CT molecular complexity index is 1410. The van der Waals surface area contributed by atoms with Gasteiger partial charge in [0.2, 0.25) is 5.91 Å². The Hall–Kier alpha value is -3.49. The fraction of sp³-hybridized carbons (Fsp3) is 0.125. The summed E-state index contributed by atoms with van der Waals surface area (Å²) in [5.74, 6) is 1.08. The Balaban J connectivity index is 1.41. The van der Waals surface area contributed by atoms with Gasteiger partial charge in [0.15, 0.2) is 16.7 Å². The summed E-state index contributed by atoms with van der Waals surface area (Å²) in [6.45, 7) is 0.972. The first-order valence-corrected chi connectivity index (χ1v) is 11.5. The second-order valence-corrected chi connectivity index (χ2v) is 8.60. The molecular weight excluding hydrogens is 462 g/mol. The summed E-state index contributed by atoms with van der Waals surface area (Å²) in [7, 11) is 0. The zero-order valence-corrected chi connectivity index (χ0v) is 18.9. The fourth-order valence-corrected chi connectivity index (χ4v) is 4.41. The van der Waals surface area contributed by atoms with E-state index in [0.717, 1.165) is 0 Å². The van der Waals surface area contributed by atoms with Gasteiger partial charge >= 0.3 is 0 Å². The summed E-state index contributed by atoms with van der Waals surface area (Å²) in [5.41, 5.74) is 1.59. The summed E-state index contributed by atoms with van der Waals surface area (Å²) < 4.78 is 12.6. The molecule has 0 unspecified atom stereocenters. The third-order valence-electron chi connectivity index (χ3n) is 4.99. The molecule has 33 heavy (non-hydrogen) atoms. The molecular formula is C24H18ClN3O4S. The van der Waals surface area contributed by atoms with Crippen LogP contribution >= 0.6 is 23.4 Å². The minimum atomic E-state index is -0.234. The molecule has 0 saturated carbocycles. The van der Waals surface area contributed by atoms with E-state index in [9.17, 15) is 9.59 Å². The first-order valence-electron chi connectivity index (χ1n) is 10.2. The number of thioether (sulfide) groups is 1. The minimum absolute atomic E-state index is 0.0623. The third kappa shape index (κ3) is 4.53. The highest BCUT2D eigenvalue weighted by Crippen LogP contribution is 2.32. The highest BCUT2D eigenvalue weighted by atomic mass is 35.5. The van der Waals surface area contributed by atoms with Gasteiger partial charge in [0.1, 0.15) is 13.2 Å². The van der Waals surface area contributed by atoms with Crippen molar-refractivity contribution in [3.8, 4) is 17.2 Å². The minimum Gasteiger partial charge on any atom is -0.486 e. The lowest BCUT2D eigenvalue weighted by Crippen LogP contribution is -2.23. The van der Waals surface area contributed by atoms with E-state index in [4.69, 9.17) is 21.1 Å². The standard InChI is InChI=1S/C24H18ClN3O4S/c25-15-5-8-17(9-6-15)28-23(30)18-3-1-2-4-19(18)27-24(28)33-14-22(29)26-16-7-10-20-21(13-16)32-12-11-31-20/h1-10,13H,11-12,14H2,(H,26,29). The molecule has 5 rings (SSSR count). The van der Waals surface area contributed by atoms with Gasteiger partial charge in [0.25, 0.3) is 5.56 Å². The van der Waals surface area contributed by atoms with Crippen molar-refractivity contribution in [3.63, 3.8) is 0 Å². The van der Waals surface area contributed by atoms with Crippen molar-refractivity contribution in [3.05, 3.63) is 82.1 Å². The largest absolute Gasteiger partial charge is 0.486 e. The molecule has 3 aromatic carbocycles. The fourth-order valence-electron chi connectivity index (χ4n) is 3.48. The van der Waals surface area contributed by atoms with Gasteiger partial charge in [-0.1, -0.05) is 35.5 Å². The summed E-state index contributed by atoms with van der Waals surface area (Å²) >= 11 is 7.20. The number of amides is 1. The van der Waals surface area contributed by atoms with Crippen LogP contribution in [-0.2, 0) is 4.79 Å². The molecule has 0 atom stereocenters. The molecule has 166 valence electrons. The van der Waals surface area contributed by atoms with Crippen LogP contribution in [0.25, 0.3) is 16.6 Å². The van der Waals surface area contributed by atoms with E-state index in [-0.39, 0.29) is 17.2 Å². The molecule has 0 aliphatic carbocycles. The van der Waals surface area contributed by atoms with Crippen LogP contribution in [0.3, 0.4) is 0 Å². The lowest BCUT2D eigenvalue weighted by atomic mass is 10.2. The molecule has 9 heteroatoms.